The van der Waals surface area contributed by atoms with E-state index in [-0.39, 0.29) is 0 Å². The molecular formula is C16H18N5+. The predicted molar refractivity (Wildman–Crippen MR) is 84.4 cm³/mol. The van der Waals surface area contributed by atoms with E-state index in [0.29, 0.717) is 0 Å². The Morgan fingerprint density at radius 1 is 0.952 bits per heavy atom. The number of anilines is 1. The number of fused-ring (bicyclic) bond motifs is 1. The van der Waals surface area contributed by atoms with Gasteiger partial charge in [0.1, 0.15) is 0 Å². The minimum atomic E-state index is 0.768. The van der Waals surface area contributed by atoms with E-state index in [9.17, 15) is 0 Å². The number of hydrogen-bond donors (Lipinski definition) is 1. The van der Waals surface area contributed by atoms with E-state index in [1.807, 2.05) is 68.3 Å². The van der Waals surface area contributed by atoms with Crippen LogP contribution in [0.25, 0.3) is 10.9 Å². The summed E-state index contributed by atoms with van der Waals surface area (Å²) in [6, 6.07) is 16.1. The lowest BCUT2D eigenvalue weighted by Gasteiger charge is -2.11. The second kappa shape index (κ2) is 5.36. The van der Waals surface area contributed by atoms with Crippen LogP contribution in [0.3, 0.4) is 0 Å². The van der Waals surface area contributed by atoms with Crippen LogP contribution in [0, 0.1) is 0 Å². The molecule has 1 N–H and O–H groups in total. The molecule has 0 saturated carbocycles. The number of H-pyrrole nitrogens is 1. The van der Waals surface area contributed by atoms with Gasteiger partial charge in [-0.1, -0.05) is 12.1 Å². The van der Waals surface area contributed by atoms with Gasteiger partial charge in [-0.3, -0.25) is 0 Å². The number of nitrogens with one attached hydrogen (secondary N) is 1. The zero-order valence-electron chi connectivity index (χ0n) is 12.4. The van der Waals surface area contributed by atoms with Crippen LogP contribution in [-0.2, 0) is 7.05 Å². The summed E-state index contributed by atoms with van der Waals surface area (Å²) in [6.07, 6.45) is 0. The third kappa shape index (κ3) is 2.63. The molecule has 0 bridgehead atoms. The molecule has 0 amide bonds. The summed E-state index contributed by atoms with van der Waals surface area (Å²) in [6.45, 7) is 0. The van der Waals surface area contributed by atoms with Crippen LogP contribution in [0.4, 0.5) is 17.2 Å². The van der Waals surface area contributed by atoms with Gasteiger partial charge in [-0.2, -0.15) is 0 Å². The number of rotatable bonds is 3. The van der Waals surface area contributed by atoms with Crippen molar-refractivity contribution in [1.29, 1.82) is 0 Å². The summed E-state index contributed by atoms with van der Waals surface area (Å²) in [5.74, 6) is 0.768. The summed E-state index contributed by atoms with van der Waals surface area (Å²) in [5.41, 5.74) is 3.09. The third-order valence-electron chi connectivity index (χ3n) is 3.43. The Hall–Kier alpha value is -2.69. The highest BCUT2D eigenvalue weighted by atomic mass is 15.3. The molecule has 5 nitrogen and oxygen atoms in total. The summed E-state index contributed by atoms with van der Waals surface area (Å²) in [7, 11) is 6.00. The number of hydrogen-bond acceptors (Lipinski definition) is 3. The van der Waals surface area contributed by atoms with Gasteiger partial charge < -0.3 is 4.90 Å². The van der Waals surface area contributed by atoms with Crippen LogP contribution in [0.1, 0.15) is 0 Å². The smallest absolute Gasteiger partial charge is 0.240 e. The molecule has 0 aliphatic carbocycles. The molecule has 0 fully saturated rings. The molecule has 3 aromatic rings. The van der Waals surface area contributed by atoms with Crippen LogP contribution < -0.4 is 9.58 Å². The fourth-order valence-corrected chi connectivity index (χ4v) is 2.25. The monoisotopic (exact) mass is 280 g/mol. The lowest BCUT2D eigenvalue weighted by Crippen LogP contribution is -2.29. The standard InChI is InChI=1S/C16H17N5/c1-20(2)13-10-8-12(9-11-13)17-18-16-14-6-4-5-7-15(14)21(3)19-16/h4-11H,1-3H3/p+1. The second-order valence-corrected chi connectivity index (χ2v) is 5.15. The van der Waals surface area contributed by atoms with Gasteiger partial charge in [0.05, 0.1) is 11.1 Å². The summed E-state index contributed by atoms with van der Waals surface area (Å²) in [5, 5.41) is 12.9. The van der Waals surface area contributed by atoms with E-state index in [2.05, 4.69) is 26.3 Å². The average Bonchev–Trinajstić information content (AvgIpc) is 2.83. The molecule has 1 heterocycles. The van der Waals surface area contributed by atoms with Crippen molar-refractivity contribution in [2.45, 2.75) is 0 Å². The summed E-state index contributed by atoms with van der Waals surface area (Å²) >= 11 is 0. The number of aromatic nitrogens is 2. The summed E-state index contributed by atoms with van der Waals surface area (Å²) in [4.78, 5) is 2.05. The molecule has 0 radical (unpaired) electrons. The van der Waals surface area contributed by atoms with Crippen LogP contribution in [0.5, 0.6) is 0 Å². The maximum atomic E-state index is 4.33. The van der Waals surface area contributed by atoms with Crippen molar-refractivity contribution in [3.05, 3.63) is 48.5 Å². The first-order valence-corrected chi connectivity index (χ1v) is 6.81. The van der Waals surface area contributed by atoms with Crippen molar-refractivity contribution in [3.63, 3.8) is 0 Å². The lowest BCUT2D eigenvalue weighted by atomic mass is 10.2. The number of nitrogens with zero attached hydrogens (tertiary/aromatic N) is 4. The SMILES string of the molecule is CN(C)c1ccc(N=Nc2[nH][n+](C)c3ccccc23)cc1. The van der Waals surface area contributed by atoms with Crippen molar-refractivity contribution in [1.82, 2.24) is 5.10 Å². The van der Waals surface area contributed by atoms with Crippen LogP contribution >= 0.6 is 0 Å². The number of aromatic amines is 1. The molecule has 2 aromatic carbocycles. The van der Waals surface area contributed by atoms with Crippen molar-refractivity contribution in [3.8, 4) is 0 Å². The summed E-state index contributed by atoms with van der Waals surface area (Å²) < 4.78 is 1.94. The normalized spacial score (nSPS) is 11.4. The maximum absolute atomic E-state index is 4.33. The maximum Gasteiger partial charge on any atom is 0.240 e. The first kappa shape index (κ1) is 13.3. The zero-order chi connectivity index (χ0) is 14.8. The topological polar surface area (TPSA) is 47.6 Å². The van der Waals surface area contributed by atoms with E-state index in [0.717, 1.165) is 28.1 Å². The molecule has 0 atom stereocenters. The van der Waals surface area contributed by atoms with E-state index in [1.54, 1.807) is 0 Å². The van der Waals surface area contributed by atoms with Crippen LogP contribution in [-0.4, -0.2) is 19.2 Å². The number of para-hydroxylation sites is 1. The van der Waals surface area contributed by atoms with E-state index < -0.39 is 0 Å². The highest BCUT2D eigenvalue weighted by Crippen LogP contribution is 2.24. The molecule has 3 rings (SSSR count). The van der Waals surface area contributed by atoms with Gasteiger partial charge in [0, 0.05) is 25.8 Å². The molecular weight excluding hydrogens is 262 g/mol. The molecule has 0 aliphatic heterocycles. The van der Waals surface area contributed by atoms with Crippen molar-refractivity contribution >= 4 is 28.1 Å². The van der Waals surface area contributed by atoms with Crippen LogP contribution in [0.2, 0.25) is 0 Å². The van der Waals surface area contributed by atoms with Crippen molar-refractivity contribution in [2.75, 3.05) is 19.0 Å². The highest BCUT2D eigenvalue weighted by Gasteiger charge is 2.12. The molecule has 0 spiro atoms. The second-order valence-electron chi connectivity index (χ2n) is 5.15. The van der Waals surface area contributed by atoms with Gasteiger partial charge in [0.2, 0.25) is 11.3 Å². The molecule has 0 aliphatic rings. The Balaban J connectivity index is 1.91. The molecule has 1 aromatic heterocycles. The molecule has 0 unspecified atom stereocenters. The largest absolute Gasteiger partial charge is 0.378 e. The van der Waals surface area contributed by atoms with Gasteiger partial charge >= 0.3 is 0 Å². The number of aryl methyl sites for hydroxylation is 1. The average molecular weight is 280 g/mol. The Kier molecular flexibility index (Phi) is 3.39. The van der Waals surface area contributed by atoms with E-state index >= 15 is 0 Å². The lowest BCUT2D eigenvalue weighted by molar-refractivity contribution is -0.701. The minimum Gasteiger partial charge on any atom is -0.378 e. The number of azo groups is 1. The fourth-order valence-electron chi connectivity index (χ4n) is 2.25. The van der Waals surface area contributed by atoms with Gasteiger partial charge in [-0.25, -0.2) is 0 Å². The van der Waals surface area contributed by atoms with E-state index in [1.165, 1.54) is 0 Å². The van der Waals surface area contributed by atoms with Gasteiger partial charge in [-0.15, -0.1) is 20.0 Å². The Bertz CT molecular complexity index is 784. The zero-order valence-corrected chi connectivity index (χ0v) is 12.4. The van der Waals surface area contributed by atoms with Gasteiger partial charge in [0.25, 0.3) is 0 Å². The molecule has 21 heavy (non-hydrogen) atoms. The van der Waals surface area contributed by atoms with Gasteiger partial charge in [-0.05, 0) is 30.3 Å². The first-order chi connectivity index (χ1) is 10.1. The highest BCUT2D eigenvalue weighted by molar-refractivity contribution is 5.85. The Labute approximate surface area is 123 Å². The van der Waals surface area contributed by atoms with Gasteiger partial charge in [0.15, 0.2) is 7.05 Å². The molecule has 5 heteroatoms. The van der Waals surface area contributed by atoms with Crippen molar-refractivity contribution in [2.24, 2.45) is 17.3 Å². The number of benzene rings is 2. The molecule has 106 valence electrons. The van der Waals surface area contributed by atoms with E-state index in [4.69, 9.17) is 0 Å². The van der Waals surface area contributed by atoms with Crippen molar-refractivity contribution < 1.29 is 4.68 Å². The third-order valence-corrected chi connectivity index (χ3v) is 3.43. The first-order valence-electron chi connectivity index (χ1n) is 6.81. The Morgan fingerprint density at radius 2 is 1.67 bits per heavy atom. The quantitative estimate of drug-likeness (QED) is 0.579. The molecule has 0 saturated heterocycles. The fraction of sp³-hybridized carbons (Fsp3) is 0.188. The predicted octanol–water partition coefficient (Wildman–Crippen LogP) is 3.47. The minimum absolute atomic E-state index is 0.768. The Morgan fingerprint density at radius 3 is 2.38 bits per heavy atom. The van der Waals surface area contributed by atoms with Crippen LogP contribution in [0.15, 0.2) is 58.8 Å².